The van der Waals surface area contributed by atoms with Gasteiger partial charge in [-0.05, 0) is 116 Å². The van der Waals surface area contributed by atoms with Gasteiger partial charge < -0.3 is 14.9 Å². The first-order valence-electron chi connectivity index (χ1n) is 13.7. The summed E-state index contributed by atoms with van der Waals surface area (Å²) < 4.78 is 6.25. The lowest BCUT2D eigenvalue weighted by Gasteiger charge is -2.61. The maximum Gasteiger partial charge on any atom is 0.0856 e. The van der Waals surface area contributed by atoms with Crippen molar-refractivity contribution in [2.24, 2.45) is 39.4 Å². The van der Waals surface area contributed by atoms with Crippen molar-refractivity contribution in [2.75, 3.05) is 6.61 Å². The van der Waals surface area contributed by atoms with Gasteiger partial charge in [0.25, 0.3) is 0 Å². The summed E-state index contributed by atoms with van der Waals surface area (Å²) in [5, 5.41) is 21.2. The van der Waals surface area contributed by atoms with Gasteiger partial charge in [0.2, 0.25) is 0 Å². The van der Waals surface area contributed by atoms with E-state index in [2.05, 4.69) is 46.8 Å². The predicted octanol–water partition coefficient (Wildman–Crippen LogP) is 6.44. The predicted molar refractivity (Wildman–Crippen MR) is 134 cm³/mol. The Kier molecular flexibility index (Phi) is 5.42. The summed E-state index contributed by atoms with van der Waals surface area (Å²) in [7, 11) is 0. The van der Waals surface area contributed by atoms with Gasteiger partial charge in [-0.15, -0.1) is 0 Å². The third kappa shape index (κ3) is 3.24. The van der Waals surface area contributed by atoms with Crippen LogP contribution in [0, 0.1) is 39.4 Å². The summed E-state index contributed by atoms with van der Waals surface area (Å²) in [6.07, 6.45) is 14.0. The van der Waals surface area contributed by atoms with Gasteiger partial charge in [0.1, 0.15) is 0 Å². The van der Waals surface area contributed by atoms with Gasteiger partial charge in [-0.3, -0.25) is 0 Å². The molecule has 0 aromatic carbocycles. The number of rotatable bonds is 2. The number of allylic oxidation sites excluding steroid dienone is 4. The van der Waals surface area contributed by atoms with Crippen molar-refractivity contribution in [1.82, 2.24) is 0 Å². The topological polar surface area (TPSA) is 49.7 Å². The van der Waals surface area contributed by atoms with Crippen molar-refractivity contribution in [3.8, 4) is 0 Å². The number of aliphatic hydroxyl groups excluding tert-OH is 1. The molecule has 3 heteroatoms. The Labute approximate surface area is 202 Å². The molecule has 1 aliphatic heterocycles. The highest BCUT2D eigenvalue weighted by Gasteiger charge is 2.63. The average molecular weight is 457 g/mol. The fourth-order valence-corrected chi connectivity index (χ4v) is 9.43. The number of fused-ring (bicyclic) bond motifs is 5. The first-order valence-corrected chi connectivity index (χ1v) is 13.7. The van der Waals surface area contributed by atoms with Gasteiger partial charge in [-0.2, -0.15) is 0 Å². The summed E-state index contributed by atoms with van der Waals surface area (Å²) in [6.45, 7) is 16.8. The Hall–Kier alpha value is -0.640. The third-order valence-corrected chi connectivity index (χ3v) is 12.0. The minimum Gasteiger partial charge on any atom is -0.393 e. The number of hydrogen-bond donors (Lipinski definition) is 2. The highest BCUT2D eigenvalue weighted by atomic mass is 16.5. The second kappa shape index (κ2) is 7.43. The summed E-state index contributed by atoms with van der Waals surface area (Å²) in [5.74, 6) is 1.79. The Balaban J connectivity index is 1.44. The molecule has 0 aromatic heterocycles. The second-order valence-electron chi connectivity index (χ2n) is 14.2. The number of ether oxygens (including phenoxy) is 1. The maximum atomic E-state index is 10.8. The van der Waals surface area contributed by atoms with E-state index in [1.807, 2.05) is 13.8 Å². The zero-order valence-electron chi connectivity index (χ0n) is 22.2. The zero-order valence-corrected chi connectivity index (χ0v) is 22.2. The number of hydrogen-bond acceptors (Lipinski definition) is 3. The van der Waals surface area contributed by atoms with Crippen LogP contribution in [0.5, 0.6) is 0 Å². The molecule has 0 radical (unpaired) electrons. The molecule has 5 aliphatic rings. The van der Waals surface area contributed by atoms with E-state index < -0.39 is 5.60 Å². The van der Waals surface area contributed by atoms with Gasteiger partial charge in [-0.25, -0.2) is 0 Å². The highest BCUT2D eigenvalue weighted by molar-refractivity contribution is 5.49. The van der Waals surface area contributed by atoms with Crippen molar-refractivity contribution in [3.63, 3.8) is 0 Å². The molecule has 0 aromatic rings. The van der Waals surface area contributed by atoms with Crippen molar-refractivity contribution < 1.29 is 14.9 Å². The first kappa shape index (κ1) is 24.1. The van der Waals surface area contributed by atoms with E-state index >= 15 is 0 Å². The van der Waals surface area contributed by atoms with Crippen LogP contribution in [0.15, 0.2) is 23.3 Å². The molecule has 186 valence electrons. The van der Waals surface area contributed by atoms with E-state index in [1.54, 1.807) is 11.1 Å². The van der Waals surface area contributed by atoms with Crippen LogP contribution in [0.25, 0.3) is 0 Å². The quantitative estimate of drug-likeness (QED) is 0.503. The molecule has 0 spiro atoms. The summed E-state index contributed by atoms with van der Waals surface area (Å²) >= 11 is 0. The van der Waals surface area contributed by atoms with Crippen LogP contribution in [0.2, 0.25) is 0 Å². The molecular formula is C30H48O3. The average Bonchev–Trinajstić information content (AvgIpc) is 3.02. The second-order valence-corrected chi connectivity index (χ2v) is 14.2. The van der Waals surface area contributed by atoms with E-state index in [4.69, 9.17) is 4.74 Å². The Morgan fingerprint density at radius 1 is 0.939 bits per heavy atom. The van der Waals surface area contributed by atoms with Gasteiger partial charge >= 0.3 is 0 Å². The molecule has 5 rings (SSSR count). The molecule has 1 saturated heterocycles. The highest BCUT2D eigenvalue weighted by Crippen LogP contribution is 2.71. The van der Waals surface area contributed by atoms with E-state index in [0.717, 1.165) is 38.7 Å². The fraction of sp³-hybridized carbons (Fsp3) is 0.867. The SMILES string of the molecule is CC(C)(O)[C@H]1CC[C@H]([C@H]2CC[C@@]3(C)C4=CC[C@H]5C(C)(C)[C@@H](O)CC[C@]5(C)C4=CC[C@]23C)CO1. The number of aliphatic hydroxyl groups is 2. The molecule has 0 amide bonds. The molecule has 3 nitrogen and oxygen atoms in total. The normalized spacial score (nSPS) is 49.4. The van der Waals surface area contributed by atoms with Crippen LogP contribution in [0.4, 0.5) is 0 Å². The molecule has 0 unspecified atom stereocenters. The lowest BCUT2D eigenvalue weighted by atomic mass is 9.44. The molecule has 1 heterocycles. The molecule has 2 saturated carbocycles. The van der Waals surface area contributed by atoms with E-state index in [1.165, 1.54) is 19.3 Å². The van der Waals surface area contributed by atoms with Crippen LogP contribution in [0.3, 0.4) is 0 Å². The lowest BCUT2D eigenvalue weighted by Crippen LogP contribution is -2.54. The van der Waals surface area contributed by atoms with E-state index in [0.29, 0.717) is 17.8 Å². The Morgan fingerprint density at radius 2 is 1.67 bits per heavy atom. The molecule has 4 aliphatic carbocycles. The van der Waals surface area contributed by atoms with Gasteiger partial charge in [0.15, 0.2) is 0 Å². The van der Waals surface area contributed by atoms with Crippen molar-refractivity contribution in [2.45, 2.75) is 118 Å². The van der Waals surface area contributed by atoms with Crippen LogP contribution in [-0.4, -0.2) is 34.6 Å². The minimum absolute atomic E-state index is 0.0323. The standard InChI is InChI=1S/C30H48O3/c1-26(2)23-10-9-22-21(28(23,5)15-14-24(26)31)13-17-29(6)20(12-16-30(22,29)7)19-8-11-25(33-18-19)27(3,4)32/h9,13,19-20,23-25,31-32H,8,10-12,14-18H2,1-7H3/t19-,20+,23-,24-,25+,28+,29+,30-/m0/s1. The molecule has 3 fully saturated rings. The summed E-state index contributed by atoms with van der Waals surface area (Å²) in [6, 6.07) is 0. The van der Waals surface area contributed by atoms with Crippen LogP contribution in [-0.2, 0) is 4.74 Å². The lowest BCUT2D eigenvalue weighted by molar-refractivity contribution is -0.136. The molecule has 2 N–H and O–H groups in total. The molecule has 0 bridgehead atoms. The van der Waals surface area contributed by atoms with Gasteiger partial charge in [-0.1, -0.05) is 46.8 Å². The zero-order chi connectivity index (χ0) is 24.0. The minimum atomic E-state index is -0.748. The fourth-order valence-electron chi connectivity index (χ4n) is 9.43. The third-order valence-electron chi connectivity index (χ3n) is 12.0. The Bertz CT molecular complexity index is 854. The summed E-state index contributed by atoms with van der Waals surface area (Å²) in [4.78, 5) is 0. The van der Waals surface area contributed by atoms with Crippen molar-refractivity contribution in [3.05, 3.63) is 23.3 Å². The Morgan fingerprint density at radius 3 is 2.30 bits per heavy atom. The smallest absolute Gasteiger partial charge is 0.0856 e. The van der Waals surface area contributed by atoms with Crippen molar-refractivity contribution >= 4 is 0 Å². The van der Waals surface area contributed by atoms with Gasteiger partial charge in [0.05, 0.1) is 24.4 Å². The van der Waals surface area contributed by atoms with E-state index in [9.17, 15) is 10.2 Å². The van der Waals surface area contributed by atoms with Crippen LogP contribution >= 0.6 is 0 Å². The van der Waals surface area contributed by atoms with Gasteiger partial charge in [0, 0.05) is 0 Å². The molecule has 33 heavy (non-hydrogen) atoms. The first-order chi connectivity index (χ1) is 15.2. The largest absolute Gasteiger partial charge is 0.393 e. The monoisotopic (exact) mass is 456 g/mol. The molecule has 8 atom stereocenters. The molecular weight excluding hydrogens is 408 g/mol. The van der Waals surface area contributed by atoms with Crippen LogP contribution < -0.4 is 0 Å². The van der Waals surface area contributed by atoms with Crippen molar-refractivity contribution in [1.29, 1.82) is 0 Å². The summed E-state index contributed by atoms with van der Waals surface area (Å²) in [5.41, 5.74) is 3.17. The maximum absolute atomic E-state index is 10.8. The van der Waals surface area contributed by atoms with Crippen LogP contribution in [0.1, 0.15) is 99.8 Å². The van der Waals surface area contributed by atoms with E-state index in [-0.39, 0.29) is 33.9 Å².